The van der Waals surface area contributed by atoms with E-state index in [1.165, 1.54) is 13.2 Å². The predicted octanol–water partition coefficient (Wildman–Crippen LogP) is 1.89. The van der Waals surface area contributed by atoms with Crippen LogP contribution in [-0.4, -0.2) is 18.7 Å². The Morgan fingerprint density at radius 1 is 1.44 bits per heavy atom. The van der Waals surface area contributed by atoms with E-state index >= 15 is 0 Å². The molecule has 0 fully saturated rings. The van der Waals surface area contributed by atoms with Gasteiger partial charge in [0.05, 0.1) is 7.11 Å². The predicted molar refractivity (Wildman–Crippen MR) is 59.6 cm³/mol. The van der Waals surface area contributed by atoms with E-state index < -0.39 is 5.41 Å². The molecular weight excluding hydrogens is 204 g/mol. The number of ether oxygens (including phenoxy) is 1. The van der Waals surface area contributed by atoms with E-state index in [1.807, 2.05) is 26.0 Å². The van der Waals surface area contributed by atoms with Crippen LogP contribution in [0.3, 0.4) is 0 Å². The van der Waals surface area contributed by atoms with Gasteiger partial charge in [-0.25, -0.2) is 0 Å². The van der Waals surface area contributed by atoms with Crippen LogP contribution < -0.4 is 0 Å². The van der Waals surface area contributed by atoms with Gasteiger partial charge < -0.3 is 4.74 Å². The average Bonchev–Trinajstić information content (AvgIpc) is 2.23. The second-order valence-electron chi connectivity index (χ2n) is 4.83. The van der Waals surface area contributed by atoms with Crippen molar-refractivity contribution < 1.29 is 14.3 Å². The maximum atomic E-state index is 12.2. The van der Waals surface area contributed by atoms with Crippen LogP contribution >= 0.6 is 0 Å². The van der Waals surface area contributed by atoms with E-state index in [2.05, 4.69) is 0 Å². The minimum Gasteiger partial charge on any atom is -0.493 e. The molecule has 0 aromatic carbocycles. The number of carbonyl (C=O) groups is 2. The van der Waals surface area contributed by atoms with Crippen molar-refractivity contribution >= 4 is 11.6 Å². The van der Waals surface area contributed by atoms with Gasteiger partial charge in [-0.1, -0.05) is 26.0 Å². The quantitative estimate of drug-likeness (QED) is 0.634. The van der Waals surface area contributed by atoms with Crippen LogP contribution in [0.4, 0.5) is 0 Å². The normalized spacial score (nSPS) is 38.1. The monoisotopic (exact) mass is 220 g/mol. The van der Waals surface area contributed by atoms with Crippen LogP contribution in [0.5, 0.6) is 0 Å². The van der Waals surface area contributed by atoms with Gasteiger partial charge in [-0.2, -0.15) is 0 Å². The molecule has 0 radical (unpaired) electrons. The molecule has 2 rings (SSSR count). The second kappa shape index (κ2) is 3.58. The number of methoxy groups -OCH3 is 1. The Morgan fingerprint density at radius 2 is 2.12 bits per heavy atom. The van der Waals surface area contributed by atoms with Crippen molar-refractivity contribution in [2.45, 2.75) is 20.3 Å². The van der Waals surface area contributed by atoms with Gasteiger partial charge in [-0.05, 0) is 12.3 Å². The molecule has 0 aromatic heterocycles. The van der Waals surface area contributed by atoms with Crippen molar-refractivity contribution in [3.05, 3.63) is 24.0 Å². The van der Waals surface area contributed by atoms with Crippen LogP contribution in [0.15, 0.2) is 24.0 Å². The summed E-state index contributed by atoms with van der Waals surface area (Å²) in [5, 5.41) is 0. The van der Waals surface area contributed by atoms with Crippen molar-refractivity contribution in [2.75, 3.05) is 7.11 Å². The highest BCUT2D eigenvalue weighted by Gasteiger charge is 2.51. The summed E-state index contributed by atoms with van der Waals surface area (Å²) >= 11 is 0. The fourth-order valence-electron chi connectivity index (χ4n) is 2.80. The lowest BCUT2D eigenvalue weighted by Crippen LogP contribution is -2.47. The van der Waals surface area contributed by atoms with E-state index in [1.54, 1.807) is 0 Å². The molecule has 3 nitrogen and oxygen atoms in total. The average molecular weight is 220 g/mol. The van der Waals surface area contributed by atoms with Gasteiger partial charge in [0.15, 0.2) is 11.5 Å². The smallest absolute Gasteiger partial charge is 0.202 e. The topological polar surface area (TPSA) is 43.4 Å². The van der Waals surface area contributed by atoms with Crippen molar-refractivity contribution in [2.24, 2.45) is 17.3 Å². The third-order valence-corrected chi connectivity index (χ3v) is 3.76. The molecular formula is C13H16O3. The lowest BCUT2D eigenvalue weighted by Gasteiger charge is -2.42. The summed E-state index contributed by atoms with van der Waals surface area (Å²) in [5.74, 6) is -0.0137. The number of hydrogen-bond donors (Lipinski definition) is 0. The number of Topliss-reactive ketones (excluding diaryl/α,β-unsaturated/α-hetero) is 1. The Kier molecular flexibility index (Phi) is 2.49. The number of allylic oxidation sites excluding steroid dienone is 4. The molecule has 2 aliphatic rings. The van der Waals surface area contributed by atoms with Crippen LogP contribution in [0, 0.1) is 17.3 Å². The summed E-state index contributed by atoms with van der Waals surface area (Å²) in [6.07, 6.45) is 6.00. The molecule has 0 aromatic rings. The van der Waals surface area contributed by atoms with E-state index in [9.17, 15) is 9.59 Å². The van der Waals surface area contributed by atoms with E-state index in [-0.39, 0.29) is 29.2 Å². The Hall–Kier alpha value is -1.38. The summed E-state index contributed by atoms with van der Waals surface area (Å²) in [6, 6.07) is 0. The Labute approximate surface area is 95.2 Å². The highest BCUT2D eigenvalue weighted by molar-refractivity contribution is 6.11. The highest BCUT2D eigenvalue weighted by atomic mass is 16.5. The number of ketones is 2. The zero-order chi connectivity index (χ0) is 11.9. The molecule has 0 saturated carbocycles. The third-order valence-electron chi connectivity index (χ3n) is 3.76. The molecule has 0 heterocycles. The first-order valence-electron chi connectivity index (χ1n) is 5.51. The Balaban J connectivity index is 2.51. The van der Waals surface area contributed by atoms with Gasteiger partial charge in [0, 0.05) is 17.4 Å². The zero-order valence-corrected chi connectivity index (χ0v) is 9.82. The number of hydrogen-bond acceptors (Lipinski definition) is 3. The molecule has 0 saturated heterocycles. The molecule has 86 valence electrons. The van der Waals surface area contributed by atoms with Gasteiger partial charge >= 0.3 is 0 Å². The van der Waals surface area contributed by atoms with Crippen LogP contribution in [-0.2, 0) is 14.3 Å². The van der Waals surface area contributed by atoms with Crippen molar-refractivity contribution in [3.8, 4) is 0 Å². The number of carbonyl (C=O) groups excluding carboxylic acids is 2. The minimum absolute atomic E-state index is 0.00477. The summed E-state index contributed by atoms with van der Waals surface area (Å²) < 4.78 is 4.98. The van der Waals surface area contributed by atoms with E-state index in [0.717, 1.165) is 0 Å². The van der Waals surface area contributed by atoms with Crippen LogP contribution in [0.25, 0.3) is 0 Å². The van der Waals surface area contributed by atoms with Crippen molar-refractivity contribution in [1.82, 2.24) is 0 Å². The van der Waals surface area contributed by atoms with Gasteiger partial charge in [0.25, 0.3) is 0 Å². The number of rotatable bonds is 1. The maximum absolute atomic E-state index is 12.2. The van der Waals surface area contributed by atoms with Gasteiger partial charge in [0.1, 0.15) is 0 Å². The summed E-state index contributed by atoms with van der Waals surface area (Å²) in [5.41, 5.74) is -0.576. The van der Waals surface area contributed by atoms with Crippen molar-refractivity contribution in [1.29, 1.82) is 0 Å². The SMILES string of the molecule is COC1=CC(=O)C2(C)CC=C[C@@H](C)C2C1=O. The summed E-state index contributed by atoms with van der Waals surface area (Å²) in [7, 11) is 1.43. The fourth-order valence-corrected chi connectivity index (χ4v) is 2.80. The largest absolute Gasteiger partial charge is 0.493 e. The molecule has 2 aliphatic carbocycles. The van der Waals surface area contributed by atoms with Gasteiger partial charge in [-0.3, -0.25) is 9.59 Å². The van der Waals surface area contributed by atoms with Gasteiger partial charge in [0.2, 0.25) is 5.78 Å². The molecule has 0 spiro atoms. The lowest BCUT2D eigenvalue weighted by atomic mass is 9.59. The third kappa shape index (κ3) is 1.34. The van der Waals surface area contributed by atoms with Crippen LogP contribution in [0.2, 0.25) is 0 Å². The first-order chi connectivity index (χ1) is 7.50. The first-order valence-corrected chi connectivity index (χ1v) is 5.51. The highest BCUT2D eigenvalue weighted by Crippen LogP contribution is 2.46. The molecule has 0 N–H and O–H groups in total. The number of fused-ring (bicyclic) bond motifs is 1. The molecule has 3 atom stereocenters. The second-order valence-corrected chi connectivity index (χ2v) is 4.83. The Morgan fingerprint density at radius 3 is 2.75 bits per heavy atom. The molecule has 3 heteroatoms. The lowest BCUT2D eigenvalue weighted by molar-refractivity contribution is -0.140. The van der Waals surface area contributed by atoms with E-state index in [0.29, 0.717) is 6.42 Å². The minimum atomic E-state index is -0.576. The molecule has 0 aliphatic heterocycles. The molecule has 0 amide bonds. The maximum Gasteiger partial charge on any atom is 0.202 e. The standard InChI is InChI=1S/C13H16O3/c1-8-5-4-6-13(2)10(14)7-9(16-3)12(15)11(8)13/h4-5,7-8,11H,6H2,1-3H3/t8-,11?,13?/m1/s1. The Bertz CT molecular complexity index is 405. The fraction of sp³-hybridized carbons (Fsp3) is 0.538. The first kappa shape index (κ1) is 11.1. The molecule has 2 unspecified atom stereocenters. The van der Waals surface area contributed by atoms with Crippen molar-refractivity contribution in [3.63, 3.8) is 0 Å². The van der Waals surface area contributed by atoms with Crippen LogP contribution in [0.1, 0.15) is 20.3 Å². The summed E-state index contributed by atoms with van der Waals surface area (Å²) in [6.45, 7) is 3.85. The zero-order valence-electron chi connectivity index (χ0n) is 9.82. The van der Waals surface area contributed by atoms with Gasteiger partial charge in [-0.15, -0.1) is 0 Å². The molecule has 0 bridgehead atoms. The summed E-state index contributed by atoms with van der Waals surface area (Å²) in [4.78, 5) is 24.2. The van der Waals surface area contributed by atoms with E-state index in [4.69, 9.17) is 4.74 Å². The molecule has 16 heavy (non-hydrogen) atoms.